The standard InChI is InChI=1S/C23H27N5O4/c1-23(2)13-15-11-18(19(12-20(15)32-23)28-7-9-31-10-8-28)27-22(30)17(24)5-6-25-16-3-4-21(29)26-14-16/h3-6,11-12,14H,7-10,13,24H2,1-2H3,(H,26,29)(H,27,30). The van der Waals surface area contributed by atoms with Crippen LogP contribution >= 0.6 is 0 Å². The predicted octanol–water partition coefficient (Wildman–Crippen LogP) is 2.11. The van der Waals surface area contributed by atoms with Crippen molar-refractivity contribution < 1.29 is 14.3 Å². The Kier molecular flexibility index (Phi) is 6.00. The van der Waals surface area contributed by atoms with Crippen LogP contribution in [0.1, 0.15) is 19.4 Å². The number of benzene rings is 1. The van der Waals surface area contributed by atoms with E-state index in [1.165, 1.54) is 24.6 Å². The maximum atomic E-state index is 12.8. The molecule has 0 atom stereocenters. The number of morpholine rings is 1. The van der Waals surface area contributed by atoms with E-state index < -0.39 is 5.91 Å². The van der Waals surface area contributed by atoms with Crippen molar-refractivity contribution >= 4 is 29.2 Å². The molecule has 0 spiro atoms. The molecule has 3 heterocycles. The Morgan fingerprint density at radius 2 is 2.06 bits per heavy atom. The van der Waals surface area contributed by atoms with Gasteiger partial charge in [-0.05, 0) is 32.1 Å². The zero-order valence-corrected chi connectivity index (χ0v) is 18.2. The first-order valence-corrected chi connectivity index (χ1v) is 10.5. The summed E-state index contributed by atoms with van der Waals surface area (Å²) in [6.45, 7) is 6.79. The molecule has 2 aliphatic rings. The molecular weight excluding hydrogens is 410 g/mol. The number of aromatic nitrogens is 1. The third-order valence-electron chi connectivity index (χ3n) is 5.29. The summed E-state index contributed by atoms with van der Waals surface area (Å²) in [5.74, 6) is 0.414. The van der Waals surface area contributed by atoms with Crippen LogP contribution in [0.5, 0.6) is 5.75 Å². The lowest BCUT2D eigenvalue weighted by Gasteiger charge is -2.31. The van der Waals surface area contributed by atoms with E-state index in [0.29, 0.717) is 24.6 Å². The normalized spacial score (nSPS) is 17.8. The topological polar surface area (TPSA) is 122 Å². The number of amides is 1. The molecule has 1 aromatic carbocycles. The van der Waals surface area contributed by atoms with Gasteiger partial charge in [0.25, 0.3) is 5.91 Å². The molecule has 9 heteroatoms. The van der Waals surface area contributed by atoms with Gasteiger partial charge >= 0.3 is 0 Å². The Hall–Kier alpha value is -3.59. The average molecular weight is 438 g/mol. The van der Waals surface area contributed by atoms with Gasteiger partial charge in [0.15, 0.2) is 0 Å². The van der Waals surface area contributed by atoms with Crippen LogP contribution in [-0.4, -0.2) is 49.0 Å². The van der Waals surface area contributed by atoms with Crippen molar-refractivity contribution in [3.8, 4) is 5.75 Å². The molecule has 4 rings (SSSR count). The number of ether oxygens (including phenoxy) is 2. The highest BCUT2D eigenvalue weighted by Crippen LogP contribution is 2.41. The molecule has 32 heavy (non-hydrogen) atoms. The number of fused-ring (bicyclic) bond motifs is 1. The number of anilines is 2. The summed E-state index contributed by atoms with van der Waals surface area (Å²) < 4.78 is 11.6. The molecule has 2 aromatic rings. The van der Waals surface area contributed by atoms with Crippen molar-refractivity contribution in [2.24, 2.45) is 10.7 Å². The van der Waals surface area contributed by atoms with Gasteiger partial charge in [-0.1, -0.05) is 0 Å². The van der Waals surface area contributed by atoms with E-state index in [9.17, 15) is 9.59 Å². The molecule has 168 valence electrons. The van der Waals surface area contributed by atoms with Gasteiger partial charge in [0.05, 0.1) is 36.0 Å². The first-order valence-electron chi connectivity index (χ1n) is 10.5. The molecule has 0 bridgehead atoms. The molecule has 1 fully saturated rings. The van der Waals surface area contributed by atoms with Crippen molar-refractivity contribution in [1.29, 1.82) is 0 Å². The predicted molar refractivity (Wildman–Crippen MR) is 124 cm³/mol. The Balaban J connectivity index is 1.54. The minimum absolute atomic E-state index is 0.0168. The van der Waals surface area contributed by atoms with Crippen LogP contribution < -0.4 is 26.2 Å². The number of nitrogens with two attached hydrogens (primary N) is 1. The van der Waals surface area contributed by atoms with Gasteiger partial charge in [-0.3, -0.25) is 14.6 Å². The fourth-order valence-electron chi connectivity index (χ4n) is 3.76. The molecule has 0 saturated carbocycles. The number of rotatable bonds is 5. The summed E-state index contributed by atoms with van der Waals surface area (Å²) in [6, 6.07) is 6.90. The number of aromatic amines is 1. The summed E-state index contributed by atoms with van der Waals surface area (Å²) in [4.78, 5) is 32.7. The van der Waals surface area contributed by atoms with E-state index in [1.807, 2.05) is 26.0 Å². The summed E-state index contributed by atoms with van der Waals surface area (Å²) in [6.07, 6.45) is 5.08. The van der Waals surface area contributed by atoms with Crippen LogP contribution in [0.2, 0.25) is 0 Å². The molecule has 9 nitrogen and oxygen atoms in total. The van der Waals surface area contributed by atoms with E-state index in [0.717, 1.165) is 36.5 Å². The number of aliphatic imine (C=N–C) groups is 1. The van der Waals surface area contributed by atoms with E-state index in [4.69, 9.17) is 15.2 Å². The van der Waals surface area contributed by atoms with E-state index in [-0.39, 0.29) is 16.9 Å². The second-order valence-corrected chi connectivity index (χ2v) is 8.38. The number of carbonyl (C=O) groups excluding carboxylic acids is 1. The van der Waals surface area contributed by atoms with Crippen molar-refractivity contribution in [3.63, 3.8) is 0 Å². The Morgan fingerprint density at radius 1 is 1.28 bits per heavy atom. The Bertz CT molecular complexity index is 1110. The third kappa shape index (κ3) is 5.00. The zero-order chi connectivity index (χ0) is 22.7. The number of nitrogens with one attached hydrogen (secondary N) is 2. The number of carbonyl (C=O) groups is 1. The third-order valence-corrected chi connectivity index (χ3v) is 5.29. The SMILES string of the molecule is CC1(C)Cc2cc(NC(=O)C(N)=CC=Nc3ccc(=O)[nH]c3)c(N3CCOCC3)cc2O1. The Morgan fingerprint density at radius 3 is 2.78 bits per heavy atom. The van der Waals surface area contributed by atoms with Gasteiger partial charge in [-0.2, -0.15) is 0 Å². The van der Waals surface area contributed by atoms with Crippen LogP contribution in [0, 0.1) is 0 Å². The fourth-order valence-corrected chi connectivity index (χ4v) is 3.76. The smallest absolute Gasteiger partial charge is 0.271 e. The highest BCUT2D eigenvalue weighted by Gasteiger charge is 2.32. The number of hydrogen-bond acceptors (Lipinski definition) is 7. The first-order chi connectivity index (χ1) is 15.3. The number of pyridine rings is 1. The van der Waals surface area contributed by atoms with Gasteiger partial charge in [-0.15, -0.1) is 0 Å². The van der Waals surface area contributed by atoms with Crippen molar-refractivity contribution in [1.82, 2.24) is 4.98 Å². The lowest BCUT2D eigenvalue weighted by Crippen LogP contribution is -2.37. The zero-order valence-electron chi connectivity index (χ0n) is 18.2. The molecule has 1 saturated heterocycles. The van der Waals surface area contributed by atoms with Crippen LogP contribution in [0.25, 0.3) is 0 Å². The molecule has 1 amide bonds. The minimum Gasteiger partial charge on any atom is -0.487 e. The number of H-pyrrole nitrogens is 1. The van der Waals surface area contributed by atoms with Gasteiger partial charge in [0.1, 0.15) is 11.4 Å². The number of hydrogen-bond donors (Lipinski definition) is 3. The van der Waals surface area contributed by atoms with E-state index in [1.54, 1.807) is 6.07 Å². The quantitative estimate of drug-likeness (QED) is 0.486. The van der Waals surface area contributed by atoms with Crippen molar-refractivity contribution in [2.75, 3.05) is 36.5 Å². The highest BCUT2D eigenvalue weighted by atomic mass is 16.5. The second kappa shape index (κ2) is 8.88. The van der Waals surface area contributed by atoms with Gasteiger partial charge < -0.3 is 30.4 Å². The lowest BCUT2D eigenvalue weighted by atomic mass is 10.0. The highest BCUT2D eigenvalue weighted by molar-refractivity contribution is 6.07. The summed E-state index contributed by atoms with van der Waals surface area (Å²) in [5, 5.41) is 2.94. The summed E-state index contributed by atoms with van der Waals surface area (Å²) in [7, 11) is 0. The first kappa shape index (κ1) is 21.6. The molecule has 4 N–H and O–H groups in total. The minimum atomic E-state index is -0.425. The lowest BCUT2D eigenvalue weighted by molar-refractivity contribution is -0.112. The molecule has 2 aliphatic heterocycles. The monoisotopic (exact) mass is 437 g/mol. The molecule has 0 radical (unpaired) electrons. The van der Waals surface area contributed by atoms with E-state index in [2.05, 4.69) is 20.2 Å². The van der Waals surface area contributed by atoms with Crippen LogP contribution in [0.15, 0.2) is 52.0 Å². The molecular formula is C23H27N5O4. The number of nitrogens with zero attached hydrogens (tertiary/aromatic N) is 2. The second-order valence-electron chi connectivity index (χ2n) is 8.38. The summed E-state index contributed by atoms with van der Waals surface area (Å²) in [5.41, 5.74) is 8.66. The van der Waals surface area contributed by atoms with Gasteiger partial charge in [0, 0.05) is 49.6 Å². The van der Waals surface area contributed by atoms with Crippen LogP contribution in [0.4, 0.5) is 17.1 Å². The van der Waals surface area contributed by atoms with Crippen molar-refractivity contribution in [2.45, 2.75) is 25.9 Å². The maximum Gasteiger partial charge on any atom is 0.271 e. The van der Waals surface area contributed by atoms with Gasteiger partial charge in [0.2, 0.25) is 5.56 Å². The Labute approximate surface area is 185 Å². The average Bonchev–Trinajstić information content (AvgIpc) is 3.07. The van der Waals surface area contributed by atoms with Gasteiger partial charge in [-0.25, -0.2) is 0 Å². The summed E-state index contributed by atoms with van der Waals surface area (Å²) >= 11 is 0. The molecule has 1 aromatic heterocycles. The fraction of sp³-hybridized carbons (Fsp3) is 0.348. The largest absolute Gasteiger partial charge is 0.487 e. The number of allylic oxidation sites excluding steroid dienone is 1. The maximum absolute atomic E-state index is 12.8. The van der Waals surface area contributed by atoms with Crippen LogP contribution in [0.3, 0.4) is 0 Å². The van der Waals surface area contributed by atoms with Crippen LogP contribution in [-0.2, 0) is 16.0 Å². The van der Waals surface area contributed by atoms with Crippen molar-refractivity contribution in [3.05, 3.63) is 58.2 Å². The molecule has 0 unspecified atom stereocenters. The molecule has 0 aliphatic carbocycles. The van der Waals surface area contributed by atoms with E-state index >= 15 is 0 Å².